The molecule has 1 N–H and O–H groups in total. The van der Waals surface area contributed by atoms with Crippen LogP contribution in [0, 0.1) is 3.57 Å². The number of phenolic OH excluding ortho intramolecular Hbond substituents is 1. The fourth-order valence-electron chi connectivity index (χ4n) is 2.11. The third-order valence-electron chi connectivity index (χ3n) is 3.36. The normalized spacial score (nSPS) is 19.5. The second-order valence-corrected chi connectivity index (χ2v) is 9.41. The molecule has 1 aromatic carbocycles. The molecule has 21 heavy (non-hydrogen) atoms. The lowest BCUT2D eigenvalue weighted by Gasteiger charge is -2.34. The molecule has 1 saturated heterocycles. The zero-order chi connectivity index (χ0) is 15.6. The van der Waals surface area contributed by atoms with Gasteiger partial charge in [0, 0.05) is 29.4 Å². The van der Waals surface area contributed by atoms with Crippen LogP contribution in [-0.2, 0) is 9.84 Å². The standard InChI is InChI=1S/C13H16INO4S2/c1-2-21(18,19)12-8-20-6-5-15(12)13(17)9-3-4-10(14)11(16)7-9/h3-4,7,12,16H,2,5-6,8H2,1H3. The van der Waals surface area contributed by atoms with E-state index in [0.717, 1.165) is 5.75 Å². The number of hydrogen-bond donors (Lipinski definition) is 1. The Morgan fingerprint density at radius 1 is 1.52 bits per heavy atom. The van der Waals surface area contributed by atoms with Gasteiger partial charge in [-0.1, -0.05) is 6.92 Å². The Morgan fingerprint density at radius 2 is 2.24 bits per heavy atom. The molecule has 1 fully saturated rings. The van der Waals surface area contributed by atoms with Crippen LogP contribution in [0.3, 0.4) is 0 Å². The summed E-state index contributed by atoms with van der Waals surface area (Å²) < 4.78 is 25.0. The molecule has 8 heteroatoms. The molecular formula is C13H16INO4S2. The van der Waals surface area contributed by atoms with Gasteiger partial charge in [-0.2, -0.15) is 11.8 Å². The summed E-state index contributed by atoms with van der Waals surface area (Å²) in [7, 11) is -3.32. The molecule has 1 unspecified atom stereocenters. The molecule has 1 amide bonds. The van der Waals surface area contributed by atoms with Crippen molar-refractivity contribution in [2.24, 2.45) is 0 Å². The summed E-state index contributed by atoms with van der Waals surface area (Å²) in [4.78, 5) is 14.0. The van der Waals surface area contributed by atoms with Crippen molar-refractivity contribution in [1.82, 2.24) is 4.90 Å². The predicted molar refractivity (Wildman–Crippen MR) is 92.4 cm³/mol. The highest BCUT2D eigenvalue weighted by atomic mass is 127. The van der Waals surface area contributed by atoms with Crippen LogP contribution in [0.4, 0.5) is 0 Å². The summed E-state index contributed by atoms with van der Waals surface area (Å²) in [6.07, 6.45) is 0. The largest absolute Gasteiger partial charge is 0.507 e. The number of rotatable bonds is 3. The van der Waals surface area contributed by atoms with Gasteiger partial charge in [-0.05, 0) is 40.8 Å². The van der Waals surface area contributed by atoms with Crippen LogP contribution in [0.5, 0.6) is 5.75 Å². The molecule has 0 bridgehead atoms. The number of carbonyl (C=O) groups excluding carboxylic acids is 1. The molecule has 1 aromatic rings. The third-order valence-corrected chi connectivity index (χ3v) is 7.56. The van der Waals surface area contributed by atoms with Crippen molar-refractivity contribution in [2.45, 2.75) is 12.3 Å². The van der Waals surface area contributed by atoms with Crippen LogP contribution in [0.15, 0.2) is 18.2 Å². The van der Waals surface area contributed by atoms with Crippen molar-refractivity contribution in [2.75, 3.05) is 23.8 Å². The highest BCUT2D eigenvalue weighted by Crippen LogP contribution is 2.26. The van der Waals surface area contributed by atoms with Crippen LogP contribution in [0.25, 0.3) is 0 Å². The topological polar surface area (TPSA) is 74.7 Å². The van der Waals surface area contributed by atoms with Crippen molar-refractivity contribution >= 4 is 50.1 Å². The number of halogens is 1. The van der Waals surface area contributed by atoms with E-state index in [0.29, 0.717) is 21.4 Å². The fourth-order valence-corrected chi connectivity index (χ4v) is 5.42. The molecule has 0 aliphatic carbocycles. The van der Waals surface area contributed by atoms with Crippen LogP contribution < -0.4 is 0 Å². The van der Waals surface area contributed by atoms with E-state index in [2.05, 4.69) is 0 Å². The van der Waals surface area contributed by atoms with Crippen molar-refractivity contribution in [3.05, 3.63) is 27.3 Å². The van der Waals surface area contributed by atoms with Gasteiger partial charge < -0.3 is 10.0 Å². The number of hydrogen-bond acceptors (Lipinski definition) is 5. The number of carbonyl (C=O) groups is 1. The van der Waals surface area contributed by atoms with Crippen LogP contribution >= 0.6 is 34.4 Å². The van der Waals surface area contributed by atoms with E-state index in [4.69, 9.17) is 0 Å². The second-order valence-electron chi connectivity index (χ2n) is 4.65. The summed E-state index contributed by atoms with van der Waals surface area (Å²) in [5.41, 5.74) is 0.316. The van der Waals surface area contributed by atoms with Crippen LogP contribution in [0.1, 0.15) is 17.3 Å². The SMILES string of the molecule is CCS(=O)(=O)C1CSCCN1C(=O)c1ccc(I)c(O)c1. The zero-order valence-corrected chi connectivity index (χ0v) is 15.2. The van der Waals surface area contributed by atoms with E-state index in [9.17, 15) is 18.3 Å². The third kappa shape index (κ3) is 3.65. The van der Waals surface area contributed by atoms with E-state index >= 15 is 0 Å². The Morgan fingerprint density at radius 3 is 2.86 bits per heavy atom. The summed E-state index contributed by atoms with van der Waals surface area (Å²) in [5, 5.41) is 8.94. The minimum atomic E-state index is -3.32. The molecule has 0 spiro atoms. The Bertz CT molecular complexity index is 648. The van der Waals surface area contributed by atoms with Gasteiger partial charge in [-0.15, -0.1) is 0 Å². The average molecular weight is 441 g/mol. The maximum absolute atomic E-state index is 12.6. The van der Waals surface area contributed by atoms with Gasteiger partial charge in [0.25, 0.3) is 5.91 Å². The predicted octanol–water partition coefficient (Wildman–Crippen LogP) is 1.95. The Balaban J connectivity index is 2.33. The first-order valence-electron chi connectivity index (χ1n) is 6.45. The van der Waals surface area contributed by atoms with E-state index in [-0.39, 0.29) is 17.4 Å². The molecule has 116 valence electrons. The Labute approximate surface area is 142 Å². The van der Waals surface area contributed by atoms with Gasteiger partial charge in [-0.25, -0.2) is 8.42 Å². The van der Waals surface area contributed by atoms with E-state index in [1.165, 1.54) is 11.0 Å². The number of phenols is 1. The maximum Gasteiger partial charge on any atom is 0.255 e. The number of aromatic hydroxyl groups is 1. The fraction of sp³-hybridized carbons (Fsp3) is 0.462. The van der Waals surface area contributed by atoms with Crippen molar-refractivity contribution in [1.29, 1.82) is 0 Å². The molecule has 2 rings (SSSR count). The molecule has 1 atom stereocenters. The Kier molecular flexibility index (Phi) is 5.42. The number of thioether (sulfide) groups is 1. The van der Waals surface area contributed by atoms with Gasteiger partial charge in [0.05, 0.1) is 3.57 Å². The first-order valence-corrected chi connectivity index (χ1v) is 10.4. The average Bonchev–Trinajstić information content (AvgIpc) is 2.49. The van der Waals surface area contributed by atoms with Gasteiger partial charge in [0.15, 0.2) is 9.84 Å². The van der Waals surface area contributed by atoms with Gasteiger partial charge >= 0.3 is 0 Å². The van der Waals surface area contributed by atoms with Gasteiger partial charge in [-0.3, -0.25) is 4.79 Å². The highest BCUT2D eigenvalue weighted by molar-refractivity contribution is 14.1. The molecule has 0 aromatic heterocycles. The first kappa shape index (κ1) is 16.9. The molecule has 1 heterocycles. The zero-order valence-electron chi connectivity index (χ0n) is 11.5. The van der Waals surface area contributed by atoms with Crippen molar-refractivity contribution in [3.63, 3.8) is 0 Å². The second kappa shape index (κ2) is 6.74. The number of benzene rings is 1. The van der Waals surface area contributed by atoms with Crippen LogP contribution in [0.2, 0.25) is 0 Å². The van der Waals surface area contributed by atoms with Crippen molar-refractivity contribution < 1.29 is 18.3 Å². The highest BCUT2D eigenvalue weighted by Gasteiger charge is 2.36. The summed E-state index contributed by atoms with van der Waals surface area (Å²) in [5.74, 6) is 0.822. The molecule has 1 aliphatic heterocycles. The number of amides is 1. The van der Waals surface area contributed by atoms with E-state index < -0.39 is 15.2 Å². The summed E-state index contributed by atoms with van der Waals surface area (Å²) in [6.45, 7) is 1.99. The molecule has 0 saturated carbocycles. The first-order chi connectivity index (χ1) is 9.86. The van der Waals surface area contributed by atoms with Crippen LogP contribution in [-0.4, -0.2) is 53.5 Å². The molecule has 5 nitrogen and oxygen atoms in total. The van der Waals surface area contributed by atoms with Gasteiger partial charge in [0.2, 0.25) is 0 Å². The van der Waals surface area contributed by atoms with E-state index in [1.807, 2.05) is 22.6 Å². The minimum absolute atomic E-state index is 0.0138. The lowest BCUT2D eigenvalue weighted by atomic mass is 10.2. The lowest BCUT2D eigenvalue weighted by Crippen LogP contribution is -2.50. The molecule has 0 radical (unpaired) electrons. The van der Waals surface area contributed by atoms with Crippen molar-refractivity contribution in [3.8, 4) is 5.75 Å². The smallest absolute Gasteiger partial charge is 0.255 e. The molecular weight excluding hydrogens is 425 g/mol. The Hall–Kier alpha value is -0.480. The minimum Gasteiger partial charge on any atom is -0.507 e. The summed E-state index contributed by atoms with van der Waals surface area (Å²) in [6, 6.07) is 4.65. The quantitative estimate of drug-likeness (QED) is 0.726. The maximum atomic E-state index is 12.6. The monoisotopic (exact) mass is 441 g/mol. The summed E-state index contributed by atoms with van der Waals surface area (Å²) >= 11 is 3.51. The van der Waals surface area contributed by atoms with E-state index in [1.54, 1.807) is 30.8 Å². The molecule has 1 aliphatic rings. The lowest BCUT2D eigenvalue weighted by molar-refractivity contribution is 0.0749. The number of sulfone groups is 1. The van der Waals surface area contributed by atoms with Gasteiger partial charge in [0.1, 0.15) is 11.1 Å². The number of nitrogens with zero attached hydrogens (tertiary/aromatic N) is 1.